The molecule has 120 valence electrons. The van der Waals surface area contributed by atoms with Crippen molar-refractivity contribution in [2.75, 3.05) is 0 Å². The van der Waals surface area contributed by atoms with Crippen LogP contribution in [0.15, 0.2) is 29.2 Å². The first-order valence-corrected chi connectivity index (χ1v) is 7.55. The maximum absolute atomic E-state index is 12.3. The minimum atomic E-state index is -0.238. The van der Waals surface area contributed by atoms with Crippen LogP contribution in [0, 0.1) is 12.8 Å². The fourth-order valence-corrected chi connectivity index (χ4v) is 2.34. The lowest BCUT2D eigenvalue weighted by Crippen LogP contribution is -2.22. The first kappa shape index (κ1) is 15.2. The molecule has 0 saturated heterocycles. The molecule has 0 spiro atoms. The van der Waals surface area contributed by atoms with Gasteiger partial charge in [0.05, 0.1) is 18.4 Å². The summed E-state index contributed by atoms with van der Waals surface area (Å²) in [5, 5.41) is 11.0. The van der Waals surface area contributed by atoms with Gasteiger partial charge in [-0.2, -0.15) is 5.10 Å². The Hall–Kier alpha value is -2.70. The standard InChI is InChI=1S/C16H19N5O2/c1-10(2)4-12-5-13(23-20-12)7-18-16(22)14-8-19-21-9-11(3)6-17-15(14)21/h5-6,8-10H,4,7H2,1-3H3,(H,18,22). The number of amides is 1. The largest absolute Gasteiger partial charge is 0.359 e. The predicted molar refractivity (Wildman–Crippen MR) is 83.9 cm³/mol. The van der Waals surface area contributed by atoms with E-state index in [9.17, 15) is 4.79 Å². The van der Waals surface area contributed by atoms with E-state index in [1.807, 2.05) is 19.2 Å². The highest BCUT2D eigenvalue weighted by molar-refractivity contribution is 5.99. The highest BCUT2D eigenvalue weighted by atomic mass is 16.5. The van der Waals surface area contributed by atoms with Crippen molar-refractivity contribution >= 4 is 11.6 Å². The molecule has 0 atom stereocenters. The molecule has 0 saturated carbocycles. The van der Waals surface area contributed by atoms with Gasteiger partial charge in [-0.05, 0) is 24.8 Å². The molecule has 1 N–H and O–H groups in total. The van der Waals surface area contributed by atoms with Crippen LogP contribution in [-0.2, 0) is 13.0 Å². The van der Waals surface area contributed by atoms with Crippen LogP contribution in [0.4, 0.5) is 0 Å². The SMILES string of the molecule is Cc1cnc2c(C(=O)NCc3cc(CC(C)C)no3)cnn2c1. The highest BCUT2D eigenvalue weighted by Gasteiger charge is 2.15. The van der Waals surface area contributed by atoms with Gasteiger partial charge in [-0.1, -0.05) is 19.0 Å². The number of fused-ring (bicyclic) bond motifs is 1. The van der Waals surface area contributed by atoms with Crippen LogP contribution in [0.2, 0.25) is 0 Å². The van der Waals surface area contributed by atoms with Gasteiger partial charge < -0.3 is 9.84 Å². The number of rotatable bonds is 5. The third kappa shape index (κ3) is 3.39. The fourth-order valence-electron chi connectivity index (χ4n) is 2.34. The zero-order chi connectivity index (χ0) is 16.4. The van der Waals surface area contributed by atoms with Crippen LogP contribution in [0.1, 0.15) is 41.2 Å². The lowest BCUT2D eigenvalue weighted by Gasteiger charge is -2.01. The summed E-state index contributed by atoms with van der Waals surface area (Å²) in [6, 6.07) is 1.87. The molecule has 3 aromatic heterocycles. The number of aryl methyl sites for hydroxylation is 1. The molecular formula is C16H19N5O2. The van der Waals surface area contributed by atoms with E-state index in [0.717, 1.165) is 17.7 Å². The average Bonchev–Trinajstić information content (AvgIpc) is 3.10. The Balaban J connectivity index is 1.68. The minimum Gasteiger partial charge on any atom is -0.359 e. The molecule has 3 rings (SSSR count). The van der Waals surface area contributed by atoms with Crippen molar-refractivity contribution in [3.63, 3.8) is 0 Å². The number of nitrogens with zero attached hydrogens (tertiary/aromatic N) is 4. The summed E-state index contributed by atoms with van der Waals surface area (Å²) in [7, 11) is 0. The Morgan fingerprint density at radius 1 is 1.39 bits per heavy atom. The molecule has 0 aliphatic heterocycles. The van der Waals surface area contributed by atoms with Gasteiger partial charge >= 0.3 is 0 Å². The molecular weight excluding hydrogens is 294 g/mol. The Morgan fingerprint density at radius 3 is 3.00 bits per heavy atom. The summed E-state index contributed by atoms with van der Waals surface area (Å²) >= 11 is 0. The van der Waals surface area contributed by atoms with Crippen molar-refractivity contribution < 1.29 is 9.32 Å². The zero-order valence-electron chi connectivity index (χ0n) is 13.4. The number of hydrogen-bond donors (Lipinski definition) is 1. The summed E-state index contributed by atoms with van der Waals surface area (Å²) in [6.07, 6.45) is 5.91. The molecule has 3 aromatic rings. The molecule has 0 aliphatic carbocycles. The van der Waals surface area contributed by atoms with Crippen LogP contribution >= 0.6 is 0 Å². The van der Waals surface area contributed by atoms with E-state index in [4.69, 9.17) is 4.52 Å². The summed E-state index contributed by atoms with van der Waals surface area (Å²) in [5.74, 6) is 0.906. The second-order valence-corrected chi connectivity index (χ2v) is 6.02. The second-order valence-electron chi connectivity index (χ2n) is 6.02. The lowest BCUT2D eigenvalue weighted by atomic mass is 10.1. The first-order chi connectivity index (χ1) is 11.0. The molecule has 3 heterocycles. The van der Waals surface area contributed by atoms with Gasteiger partial charge in [0.1, 0.15) is 5.56 Å². The number of hydrogen-bond acceptors (Lipinski definition) is 5. The van der Waals surface area contributed by atoms with Crippen LogP contribution in [0.25, 0.3) is 5.65 Å². The smallest absolute Gasteiger partial charge is 0.257 e. The second kappa shape index (κ2) is 6.20. The van der Waals surface area contributed by atoms with Crippen molar-refractivity contribution in [1.82, 2.24) is 25.1 Å². The van der Waals surface area contributed by atoms with Crippen LogP contribution < -0.4 is 5.32 Å². The van der Waals surface area contributed by atoms with E-state index in [-0.39, 0.29) is 12.5 Å². The summed E-state index contributed by atoms with van der Waals surface area (Å²) in [5.41, 5.74) is 2.85. The van der Waals surface area contributed by atoms with Crippen molar-refractivity contribution in [1.29, 1.82) is 0 Å². The molecule has 1 amide bonds. The normalized spacial score (nSPS) is 11.3. The quantitative estimate of drug-likeness (QED) is 0.780. The Labute approximate surface area is 133 Å². The molecule has 0 unspecified atom stereocenters. The van der Waals surface area contributed by atoms with Gasteiger partial charge in [-0.25, -0.2) is 9.50 Å². The van der Waals surface area contributed by atoms with E-state index >= 15 is 0 Å². The zero-order valence-corrected chi connectivity index (χ0v) is 13.4. The summed E-state index contributed by atoms with van der Waals surface area (Å²) < 4.78 is 6.83. The molecule has 23 heavy (non-hydrogen) atoms. The van der Waals surface area contributed by atoms with E-state index < -0.39 is 0 Å². The molecule has 0 bridgehead atoms. The van der Waals surface area contributed by atoms with Crippen LogP contribution in [0.5, 0.6) is 0 Å². The van der Waals surface area contributed by atoms with Crippen LogP contribution in [-0.4, -0.2) is 25.7 Å². The number of aromatic nitrogens is 4. The molecule has 0 radical (unpaired) electrons. The van der Waals surface area contributed by atoms with E-state index in [1.54, 1.807) is 10.7 Å². The monoisotopic (exact) mass is 313 g/mol. The van der Waals surface area contributed by atoms with Crippen molar-refractivity contribution in [3.05, 3.63) is 47.2 Å². The Bertz CT molecular complexity index is 834. The molecule has 7 heteroatoms. The van der Waals surface area contributed by atoms with Gasteiger partial charge in [-0.3, -0.25) is 4.79 Å². The Morgan fingerprint density at radius 2 is 2.22 bits per heavy atom. The summed E-state index contributed by atoms with van der Waals surface area (Å²) in [4.78, 5) is 16.6. The van der Waals surface area contributed by atoms with Gasteiger partial charge in [0.15, 0.2) is 11.4 Å². The molecule has 0 fully saturated rings. The van der Waals surface area contributed by atoms with Crippen molar-refractivity contribution in [3.8, 4) is 0 Å². The third-order valence-corrected chi connectivity index (χ3v) is 3.38. The van der Waals surface area contributed by atoms with Crippen LogP contribution in [0.3, 0.4) is 0 Å². The van der Waals surface area contributed by atoms with Gasteiger partial charge in [-0.15, -0.1) is 0 Å². The number of carbonyl (C=O) groups is 1. The maximum Gasteiger partial charge on any atom is 0.257 e. The molecule has 0 aliphatic rings. The van der Waals surface area contributed by atoms with E-state index in [1.165, 1.54) is 6.20 Å². The molecule has 0 aromatic carbocycles. The fraction of sp³-hybridized carbons (Fsp3) is 0.375. The molecule has 7 nitrogen and oxygen atoms in total. The van der Waals surface area contributed by atoms with E-state index in [0.29, 0.717) is 22.9 Å². The first-order valence-electron chi connectivity index (χ1n) is 7.55. The van der Waals surface area contributed by atoms with Crippen molar-refractivity contribution in [2.24, 2.45) is 5.92 Å². The average molecular weight is 313 g/mol. The minimum absolute atomic E-state index is 0.238. The van der Waals surface area contributed by atoms with Crippen molar-refractivity contribution in [2.45, 2.75) is 33.7 Å². The topological polar surface area (TPSA) is 85.3 Å². The van der Waals surface area contributed by atoms with Gasteiger partial charge in [0.25, 0.3) is 5.91 Å². The number of nitrogens with one attached hydrogen (secondary N) is 1. The van der Waals surface area contributed by atoms with Gasteiger partial charge in [0, 0.05) is 18.5 Å². The number of carbonyl (C=O) groups excluding carboxylic acids is 1. The maximum atomic E-state index is 12.3. The Kier molecular flexibility index (Phi) is 4.10. The highest BCUT2D eigenvalue weighted by Crippen LogP contribution is 2.11. The van der Waals surface area contributed by atoms with Gasteiger partial charge in [0.2, 0.25) is 0 Å². The summed E-state index contributed by atoms with van der Waals surface area (Å²) in [6.45, 7) is 6.45. The lowest BCUT2D eigenvalue weighted by molar-refractivity contribution is 0.0948. The predicted octanol–water partition coefficient (Wildman–Crippen LogP) is 2.15. The third-order valence-electron chi connectivity index (χ3n) is 3.38. The van der Waals surface area contributed by atoms with E-state index in [2.05, 4.69) is 34.4 Å².